The van der Waals surface area contributed by atoms with Crippen molar-refractivity contribution in [2.24, 2.45) is 17.2 Å². The predicted molar refractivity (Wildman–Crippen MR) is 126 cm³/mol. The van der Waals surface area contributed by atoms with Gasteiger partial charge in [0.1, 0.15) is 5.75 Å². The summed E-state index contributed by atoms with van der Waals surface area (Å²) in [6.45, 7) is 4.19. The Bertz CT molecular complexity index is 973. The molecule has 7 heteroatoms. The molecule has 1 heterocycles. The van der Waals surface area contributed by atoms with Crippen LogP contribution in [0, 0.1) is 0 Å². The summed E-state index contributed by atoms with van der Waals surface area (Å²) in [5, 5.41) is 2.72. The molecule has 3 rings (SSSR count). The van der Waals surface area contributed by atoms with E-state index in [1.54, 1.807) is 7.11 Å². The summed E-state index contributed by atoms with van der Waals surface area (Å²) in [6.07, 6.45) is 2.76. The van der Waals surface area contributed by atoms with E-state index in [1.165, 1.54) is 0 Å². The number of halogens is 1. The van der Waals surface area contributed by atoms with Gasteiger partial charge in [-0.2, -0.15) is 0 Å². The Kier molecular flexibility index (Phi) is 8.24. The van der Waals surface area contributed by atoms with Gasteiger partial charge >= 0.3 is 0 Å². The van der Waals surface area contributed by atoms with Crippen molar-refractivity contribution < 1.29 is 4.74 Å². The van der Waals surface area contributed by atoms with Crippen molar-refractivity contribution >= 4 is 33.4 Å². The standard InChI is InChI=1S/C23H32ClN5O/c1-30-17-5-7-21-19(15-17)23(18-6-4-16(24)14-22(18)28-21)20(27)8-13-29(11-2-9-25)12-3-10-26/h4-7,14-15,20H,2-3,8-13,25-27H2,1H3. The van der Waals surface area contributed by atoms with Crippen LogP contribution < -0.4 is 21.9 Å². The number of rotatable bonds is 11. The summed E-state index contributed by atoms with van der Waals surface area (Å²) in [5.74, 6) is 0.790. The summed E-state index contributed by atoms with van der Waals surface area (Å²) >= 11 is 6.23. The average Bonchev–Trinajstić information content (AvgIpc) is 2.76. The van der Waals surface area contributed by atoms with Gasteiger partial charge in [-0.15, -0.1) is 0 Å². The molecule has 0 radical (unpaired) electrons. The maximum Gasteiger partial charge on any atom is 0.119 e. The topological polar surface area (TPSA) is 103 Å². The molecule has 0 spiro atoms. The quantitative estimate of drug-likeness (QED) is 0.403. The smallest absolute Gasteiger partial charge is 0.119 e. The number of nitrogens with zero attached hydrogens (tertiary/aromatic N) is 2. The molecule has 0 fully saturated rings. The highest BCUT2D eigenvalue weighted by atomic mass is 35.5. The van der Waals surface area contributed by atoms with E-state index in [2.05, 4.69) is 4.90 Å². The lowest BCUT2D eigenvalue weighted by atomic mass is 9.94. The van der Waals surface area contributed by atoms with E-state index >= 15 is 0 Å². The number of hydrogen-bond acceptors (Lipinski definition) is 6. The third-order valence-corrected chi connectivity index (χ3v) is 5.70. The number of hydrogen-bond donors (Lipinski definition) is 3. The van der Waals surface area contributed by atoms with Gasteiger partial charge in [0.25, 0.3) is 0 Å². The van der Waals surface area contributed by atoms with Crippen LogP contribution in [-0.2, 0) is 0 Å². The fourth-order valence-electron chi connectivity index (χ4n) is 3.89. The van der Waals surface area contributed by atoms with E-state index < -0.39 is 0 Å². The van der Waals surface area contributed by atoms with E-state index in [9.17, 15) is 0 Å². The van der Waals surface area contributed by atoms with Gasteiger partial charge in [-0.05, 0) is 87.9 Å². The average molecular weight is 430 g/mol. The van der Waals surface area contributed by atoms with Crippen molar-refractivity contribution in [1.82, 2.24) is 9.88 Å². The molecule has 6 nitrogen and oxygen atoms in total. The Morgan fingerprint density at radius 3 is 2.37 bits per heavy atom. The third kappa shape index (κ3) is 5.39. The van der Waals surface area contributed by atoms with Gasteiger partial charge in [-0.3, -0.25) is 0 Å². The van der Waals surface area contributed by atoms with E-state index in [-0.39, 0.29) is 6.04 Å². The molecule has 0 saturated carbocycles. The van der Waals surface area contributed by atoms with Crippen LogP contribution in [0.25, 0.3) is 21.8 Å². The minimum absolute atomic E-state index is 0.149. The highest BCUT2D eigenvalue weighted by Crippen LogP contribution is 2.34. The zero-order valence-electron chi connectivity index (χ0n) is 17.6. The summed E-state index contributed by atoms with van der Waals surface area (Å²) in [7, 11) is 1.67. The molecule has 6 N–H and O–H groups in total. The molecule has 2 aromatic carbocycles. The van der Waals surface area contributed by atoms with Crippen molar-refractivity contribution in [3.63, 3.8) is 0 Å². The molecule has 0 aliphatic heterocycles. The summed E-state index contributed by atoms with van der Waals surface area (Å²) in [6, 6.07) is 11.6. The molecule has 1 aromatic heterocycles. The van der Waals surface area contributed by atoms with Crippen LogP contribution in [0.4, 0.5) is 0 Å². The summed E-state index contributed by atoms with van der Waals surface area (Å²) < 4.78 is 5.45. The first kappa shape index (κ1) is 22.7. The first-order valence-corrected chi connectivity index (χ1v) is 10.9. The SMILES string of the molecule is COc1ccc2nc3cc(Cl)ccc3c(C(N)CCN(CCCN)CCCN)c2c1. The van der Waals surface area contributed by atoms with E-state index in [1.807, 2.05) is 36.4 Å². The zero-order chi connectivity index (χ0) is 21.5. The van der Waals surface area contributed by atoms with Crippen molar-refractivity contribution in [2.75, 3.05) is 39.8 Å². The van der Waals surface area contributed by atoms with Gasteiger partial charge in [-0.1, -0.05) is 17.7 Å². The minimum atomic E-state index is -0.149. The maximum atomic E-state index is 6.78. The van der Waals surface area contributed by atoms with Crippen LogP contribution in [0.2, 0.25) is 5.02 Å². The predicted octanol–water partition coefficient (Wildman–Crippen LogP) is 3.44. The Balaban J connectivity index is 1.96. The van der Waals surface area contributed by atoms with Crippen LogP contribution >= 0.6 is 11.6 Å². The molecule has 3 aromatic rings. The number of methoxy groups -OCH3 is 1. The Morgan fingerprint density at radius 1 is 0.967 bits per heavy atom. The Labute approximate surface area is 183 Å². The molecule has 162 valence electrons. The van der Waals surface area contributed by atoms with Gasteiger partial charge in [-0.25, -0.2) is 4.98 Å². The fraction of sp³-hybridized carbons (Fsp3) is 0.435. The number of benzene rings is 2. The molecule has 1 unspecified atom stereocenters. The van der Waals surface area contributed by atoms with Crippen LogP contribution in [-0.4, -0.2) is 49.7 Å². The largest absolute Gasteiger partial charge is 0.497 e. The van der Waals surface area contributed by atoms with Crippen molar-refractivity contribution in [2.45, 2.75) is 25.3 Å². The molecule has 30 heavy (non-hydrogen) atoms. The van der Waals surface area contributed by atoms with Crippen LogP contribution in [0.5, 0.6) is 5.75 Å². The lowest BCUT2D eigenvalue weighted by Gasteiger charge is -2.25. The first-order chi connectivity index (χ1) is 14.6. The van der Waals surface area contributed by atoms with Crippen LogP contribution in [0.15, 0.2) is 36.4 Å². The van der Waals surface area contributed by atoms with Crippen molar-refractivity contribution in [1.29, 1.82) is 0 Å². The van der Waals surface area contributed by atoms with Gasteiger partial charge in [0.15, 0.2) is 0 Å². The van der Waals surface area contributed by atoms with Crippen molar-refractivity contribution in [3.8, 4) is 5.75 Å². The number of aromatic nitrogens is 1. The van der Waals surface area contributed by atoms with E-state index in [0.717, 1.165) is 72.0 Å². The highest BCUT2D eigenvalue weighted by molar-refractivity contribution is 6.31. The molecular formula is C23H32ClN5O. The molecule has 0 aliphatic rings. The molecule has 1 atom stereocenters. The van der Waals surface area contributed by atoms with E-state index in [4.69, 9.17) is 38.5 Å². The lowest BCUT2D eigenvalue weighted by molar-refractivity contribution is 0.260. The maximum absolute atomic E-state index is 6.78. The van der Waals surface area contributed by atoms with Crippen molar-refractivity contribution in [3.05, 3.63) is 47.0 Å². The highest BCUT2D eigenvalue weighted by Gasteiger charge is 2.18. The molecule has 0 amide bonds. The van der Waals surface area contributed by atoms with Gasteiger partial charge in [0, 0.05) is 21.8 Å². The number of pyridine rings is 1. The summed E-state index contributed by atoms with van der Waals surface area (Å²) in [5.41, 5.74) is 21.0. The molecule has 0 aliphatic carbocycles. The van der Waals surface area contributed by atoms with Gasteiger partial charge in [0.2, 0.25) is 0 Å². The molecule has 0 saturated heterocycles. The normalized spacial score (nSPS) is 12.7. The van der Waals surface area contributed by atoms with Crippen LogP contribution in [0.1, 0.15) is 30.9 Å². The second-order valence-electron chi connectivity index (χ2n) is 7.59. The lowest BCUT2D eigenvalue weighted by Crippen LogP contribution is -2.31. The minimum Gasteiger partial charge on any atom is -0.497 e. The Hall–Kier alpha value is -1.96. The van der Waals surface area contributed by atoms with Gasteiger partial charge < -0.3 is 26.8 Å². The Morgan fingerprint density at radius 2 is 1.70 bits per heavy atom. The fourth-order valence-corrected chi connectivity index (χ4v) is 4.05. The number of ether oxygens (including phenoxy) is 1. The third-order valence-electron chi connectivity index (χ3n) is 5.47. The molecular weight excluding hydrogens is 398 g/mol. The number of nitrogens with two attached hydrogens (primary N) is 3. The summed E-state index contributed by atoms with van der Waals surface area (Å²) in [4.78, 5) is 7.20. The van der Waals surface area contributed by atoms with E-state index in [0.29, 0.717) is 18.1 Å². The monoisotopic (exact) mass is 429 g/mol. The first-order valence-electron chi connectivity index (χ1n) is 10.5. The van der Waals surface area contributed by atoms with Gasteiger partial charge in [0.05, 0.1) is 18.1 Å². The molecule has 0 bridgehead atoms. The number of fused-ring (bicyclic) bond motifs is 2. The second-order valence-corrected chi connectivity index (χ2v) is 8.03. The zero-order valence-corrected chi connectivity index (χ0v) is 18.4. The van der Waals surface area contributed by atoms with Crippen LogP contribution in [0.3, 0.4) is 0 Å². The second kappa shape index (κ2) is 10.9.